The number of phenolic OH excluding ortho intramolecular Hbond substituents is 1. The van der Waals surface area contributed by atoms with Crippen molar-refractivity contribution in [3.63, 3.8) is 0 Å². The number of nitrogens with two attached hydrogens (primary N) is 1. The van der Waals surface area contributed by atoms with Gasteiger partial charge in [0.2, 0.25) is 0 Å². The first kappa shape index (κ1) is 12.4. The van der Waals surface area contributed by atoms with Gasteiger partial charge in [-0.2, -0.15) is 0 Å². The first-order chi connectivity index (χ1) is 8.24. The Kier molecular flexibility index (Phi) is 4.02. The molecule has 0 unspecified atom stereocenters. The molecule has 1 atom stereocenters. The van der Waals surface area contributed by atoms with Gasteiger partial charge in [-0.05, 0) is 24.3 Å². The van der Waals surface area contributed by atoms with E-state index in [0.717, 1.165) is 18.4 Å². The van der Waals surface area contributed by atoms with Crippen molar-refractivity contribution in [3.8, 4) is 5.75 Å². The molecule has 4 N–H and O–H groups in total. The van der Waals surface area contributed by atoms with Crippen LogP contribution in [0.5, 0.6) is 5.75 Å². The Morgan fingerprint density at radius 3 is 2.59 bits per heavy atom. The second-order valence-electron chi connectivity index (χ2n) is 4.91. The van der Waals surface area contributed by atoms with Crippen molar-refractivity contribution in [2.75, 3.05) is 6.61 Å². The molecule has 0 heterocycles. The fraction of sp³-hybridized carbons (Fsp3) is 0.571. The van der Waals surface area contributed by atoms with E-state index in [4.69, 9.17) is 10.8 Å². The highest BCUT2D eigenvalue weighted by Crippen LogP contribution is 2.39. The van der Waals surface area contributed by atoms with Gasteiger partial charge in [0.25, 0.3) is 0 Å². The minimum atomic E-state index is -0.487. The third-order valence-corrected chi connectivity index (χ3v) is 3.74. The number of para-hydroxylation sites is 1. The van der Waals surface area contributed by atoms with Gasteiger partial charge < -0.3 is 15.9 Å². The van der Waals surface area contributed by atoms with Crippen molar-refractivity contribution in [3.05, 3.63) is 29.3 Å². The van der Waals surface area contributed by atoms with E-state index < -0.39 is 6.04 Å². The fourth-order valence-corrected chi connectivity index (χ4v) is 2.72. The SMILES string of the molecule is N[C@H](CO)c1cccc(C2CCCCC2)c1O. The van der Waals surface area contributed by atoms with Gasteiger partial charge in [0.05, 0.1) is 12.6 Å². The molecule has 1 aliphatic rings. The lowest BCUT2D eigenvalue weighted by Gasteiger charge is -2.24. The zero-order chi connectivity index (χ0) is 12.3. The molecule has 3 nitrogen and oxygen atoms in total. The van der Waals surface area contributed by atoms with E-state index in [1.54, 1.807) is 6.07 Å². The molecular weight excluding hydrogens is 214 g/mol. The zero-order valence-electron chi connectivity index (χ0n) is 10.1. The van der Waals surface area contributed by atoms with Crippen LogP contribution in [0.25, 0.3) is 0 Å². The Morgan fingerprint density at radius 1 is 1.24 bits per heavy atom. The summed E-state index contributed by atoms with van der Waals surface area (Å²) >= 11 is 0. The average Bonchev–Trinajstić information content (AvgIpc) is 2.39. The number of rotatable bonds is 3. The highest BCUT2D eigenvalue weighted by Gasteiger charge is 2.21. The predicted octanol–water partition coefficient (Wildman–Crippen LogP) is 2.43. The minimum absolute atomic E-state index is 0.137. The summed E-state index contributed by atoms with van der Waals surface area (Å²) in [6, 6.07) is 5.22. The topological polar surface area (TPSA) is 66.5 Å². The van der Waals surface area contributed by atoms with E-state index >= 15 is 0 Å². The normalized spacial score (nSPS) is 19.2. The van der Waals surface area contributed by atoms with Crippen molar-refractivity contribution < 1.29 is 10.2 Å². The molecule has 3 heteroatoms. The molecule has 2 rings (SSSR count). The molecule has 1 fully saturated rings. The number of hydrogen-bond donors (Lipinski definition) is 3. The van der Waals surface area contributed by atoms with E-state index in [-0.39, 0.29) is 6.61 Å². The van der Waals surface area contributed by atoms with Crippen LogP contribution in [0.4, 0.5) is 0 Å². The van der Waals surface area contributed by atoms with E-state index in [1.807, 2.05) is 12.1 Å². The third-order valence-electron chi connectivity index (χ3n) is 3.74. The van der Waals surface area contributed by atoms with Gasteiger partial charge in [0.15, 0.2) is 0 Å². The van der Waals surface area contributed by atoms with E-state index in [2.05, 4.69) is 0 Å². The van der Waals surface area contributed by atoms with Crippen LogP contribution in [-0.2, 0) is 0 Å². The van der Waals surface area contributed by atoms with Crippen LogP contribution in [0.15, 0.2) is 18.2 Å². The fourth-order valence-electron chi connectivity index (χ4n) is 2.72. The summed E-state index contributed by atoms with van der Waals surface area (Å²) in [4.78, 5) is 0. The summed E-state index contributed by atoms with van der Waals surface area (Å²) in [5, 5.41) is 19.3. The number of aromatic hydroxyl groups is 1. The highest BCUT2D eigenvalue weighted by molar-refractivity contribution is 5.44. The molecule has 1 aromatic carbocycles. The quantitative estimate of drug-likeness (QED) is 0.753. The Labute approximate surface area is 102 Å². The first-order valence-electron chi connectivity index (χ1n) is 6.42. The average molecular weight is 235 g/mol. The third kappa shape index (κ3) is 2.61. The maximum absolute atomic E-state index is 10.3. The van der Waals surface area contributed by atoms with Crippen LogP contribution in [0.1, 0.15) is 55.2 Å². The van der Waals surface area contributed by atoms with Gasteiger partial charge in [0.1, 0.15) is 5.75 Å². The second-order valence-corrected chi connectivity index (χ2v) is 4.91. The Morgan fingerprint density at radius 2 is 1.94 bits per heavy atom. The molecule has 0 amide bonds. The molecule has 0 aliphatic heterocycles. The first-order valence-corrected chi connectivity index (χ1v) is 6.42. The van der Waals surface area contributed by atoms with E-state index in [1.165, 1.54) is 19.3 Å². The molecule has 0 saturated heterocycles. The number of phenols is 1. The lowest BCUT2D eigenvalue weighted by molar-refractivity contribution is 0.265. The molecule has 94 valence electrons. The van der Waals surface area contributed by atoms with Crippen molar-refractivity contribution in [2.24, 2.45) is 5.73 Å². The van der Waals surface area contributed by atoms with Crippen LogP contribution < -0.4 is 5.73 Å². The summed E-state index contributed by atoms with van der Waals surface area (Å²) in [5.74, 6) is 0.746. The number of hydrogen-bond acceptors (Lipinski definition) is 3. The summed E-state index contributed by atoms with van der Waals surface area (Å²) in [7, 11) is 0. The molecule has 0 radical (unpaired) electrons. The molecule has 1 saturated carbocycles. The molecule has 0 aromatic heterocycles. The smallest absolute Gasteiger partial charge is 0.123 e. The highest BCUT2D eigenvalue weighted by atomic mass is 16.3. The standard InChI is InChI=1S/C14H21NO2/c15-13(9-16)12-8-4-7-11(14(12)17)10-5-2-1-3-6-10/h4,7-8,10,13,16-17H,1-3,5-6,9,15H2/t13-/m1/s1. The van der Waals surface area contributed by atoms with Gasteiger partial charge >= 0.3 is 0 Å². The molecule has 0 bridgehead atoms. The van der Waals surface area contributed by atoms with Crippen LogP contribution in [0.3, 0.4) is 0 Å². The number of aliphatic hydroxyl groups excluding tert-OH is 1. The predicted molar refractivity (Wildman–Crippen MR) is 67.9 cm³/mol. The molecule has 1 aromatic rings. The maximum Gasteiger partial charge on any atom is 0.123 e. The van der Waals surface area contributed by atoms with E-state index in [0.29, 0.717) is 17.2 Å². The second kappa shape index (κ2) is 5.52. The van der Waals surface area contributed by atoms with Crippen molar-refractivity contribution in [2.45, 2.75) is 44.1 Å². The number of benzene rings is 1. The van der Waals surface area contributed by atoms with Gasteiger partial charge in [-0.3, -0.25) is 0 Å². The van der Waals surface area contributed by atoms with Gasteiger partial charge in [-0.1, -0.05) is 37.5 Å². The van der Waals surface area contributed by atoms with E-state index in [9.17, 15) is 5.11 Å². The molecule has 1 aliphatic carbocycles. The lowest BCUT2D eigenvalue weighted by Crippen LogP contribution is -2.15. The molecule has 0 spiro atoms. The summed E-state index contributed by atoms with van der Waals surface area (Å²) in [6.07, 6.45) is 6.06. The van der Waals surface area contributed by atoms with Crippen LogP contribution >= 0.6 is 0 Å². The Hall–Kier alpha value is -1.06. The van der Waals surface area contributed by atoms with Crippen molar-refractivity contribution in [1.82, 2.24) is 0 Å². The van der Waals surface area contributed by atoms with Gasteiger partial charge in [-0.25, -0.2) is 0 Å². The van der Waals surface area contributed by atoms with Crippen LogP contribution in [0, 0.1) is 0 Å². The maximum atomic E-state index is 10.3. The summed E-state index contributed by atoms with van der Waals surface area (Å²) in [6.45, 7) is -0.137. The van der Waals surface area contributed by atoms with Gasteiger partial charge in [-0.15, -0.1) is 0 Å². The number of aliphatic hydroxyl groups is 1. The monoisotopic (exact) mass is 235 g/mol. The summed E-state index contributed by atoms with van der Waals surface area (Å²) < 4.78 is 0. The molecule has 17 heavy (non-hydrogen) atoms. The van der Waals surface area contributed by atoms with Crippen LogP contribution in [0.2, 0.25) is 0 Å². The minimum Gasteiger partial charge on any atom is -0.507 e. The van der Waals surface area contributed by atoms with Crippen molar-refractivity contribution in [1.29, 1.82) is 0 Å². The Balaban J connectivity index is 2.27. The van der Waals surface area contributed by atoms with Gasteiger partial charge in [0, 0.05) is 5.56 Å². The Bertz CT molecular complexity index is 372. The summed E-state index contributed by atoms with van der Waals surface area (Å²) in [5.41, 5.74) is 7.45. The largest absolute Gasteiger partial charge is 0.507 e. The van der Waals surface area contributed by atoms with Crippen LogP contribution in [-0.4, -0.2) is 16.8 Å². The molecular formula is C14H21NO2. The van der Waals surface area contributed by atoms with Crippen molar-refractivity contribution >= 4 is 0 Å². The zero-order valence-corrected chi connectivity index (χ0v) is 10.1. The lowest BCUT2D eigenvalue weighted by atomic mass is 9.82.